The Bertz CT molecular complexity index is 947. The number of carbonyl (C=O) groups excluding carboxylic acids is 3. The van der Waals surface area contributed by atoms with Crippen molar-refractivity contribution >= 4 is 34.9 Å². The molecule has 0 saturated carbocycles. The molecule has 0 aromatic carbocycles. The Hall–Kier alpha value is -2.67. The zero-order valence-corrected chi connectivity index (χ0v) is 17.7. The molecule has 0 bridgehead atoms. The van der Waals surface area contributed by atoms with Crippen LogP contribution in [0, 0.1) is 13.8 Å². The molecule has 0 fully saturated rings. The minimum absolute atomic E-state index is 0.194. The van der Waals surface area contributed by atoms with Crippen LogP contribution in [0.1, 0.15) is 59.3 Å². The van der Waals surface area contributed by atoms with E-state index in [4.69, 9.17) is 11.6 Å². The number of nitrogens with zero attached hydrogens (tertiary/aromatic N) is 2. The average Bonchev–Trinajstić information content (AvgIpc) is 2.83. The maximum atomic E-state index is 12.8. The van der Waals surface area contributed by atoms with Gasteiger partial charge in [0.05, 0.1) is 11.3 Å². The molecule has 2 N–H and O–H groups in total. The molecule has 0 radical (unpaired) electrons. The minimum atomic E-state index is -0.691. The van der Waals surface area contributed by atoms with Crippen LogP contribution in [0.5, 0.6) is 0 Å². The van der Waals surface area contributed by atoms with Crippen LogP contribution < -0.4 is 10.6 Å². The van der Waals surface area contributed by atoms with Gasteiger partial charge in [-0.1, -0.05) is 18.5 Å². The number of ketones is 1. The largest absolute Gasteiger partial charge is 0.344 e. The van der Waals surface area contributed by atoms with Crippen LogP contribution in [-0.2, 0) is 11.8 Å². The maximum Gasteiger partial charge on any atom is 0.294 e. The summed E-state index contributed by atoms with van der Waals surface area (Å²) in [4.78, 5) is 41.9. The van der Waals surface area contributed by atoms with Gasteiger partial charge in [0.25, 0.3) is 17.6 Å². The quantitative estimate of drug-likeness (QED) is 0.438. The summed E-state index contributed by atoms with van der Waals surface area (Å²) >= 11 is 5.85. The number of hydrogen-bond donors (Lipinski definition) is 2. The third-order valence-corrected chi connectivity index (χ3v) is 5.11. The Balaban J connectivity index is 2.36. The topological polar surface area (TPSA) is 93.1 Å². The predicted molar refractivity (Wildman–Crippen MR) is 109 cm³/mol. The molecule has 0 unspecified atom stereocenters. The molecule has 7 nitrogen and oxygen atoms in total. The van der Waals surface area contributed by atoms with Crippen LogP contribution >= 0.6 is 11.6 Å². The lowest BCUT2D eigenvalue weighted by molar-refractivity contribution is -0.118. The molecule has 150 valence electrons. The van der Waals surface area contributed by atoms with Crippen molar-refractivity contribution in [1.82, 2.24) is 14.9 Å². The van der Waals surface area contributed by atoms with Crippen molar-refractivity contribution in [2.24, 2.45) is 7.05 Å². The zero-order chi connectivity index (χ0) is 21.2. The van der Waals surface area contributed by atoms with Crippen LogP contribution in [0.25, 0.3) is 0 Å². The average molecular weight is 405 g/mol. The smallest absolute Gasteiger partial charge is 0.294 e. The molecule has 28 heavy (non-hydrogen) atoms. The van der Waals surface area contributed by atoms with E-state index in [9.17, 15) is 14.4 Å². The standard InChI is InChI=1S/C20H25ClN4O3/c1-7-20(4,5)24-19(28)17(26)16-11(2)15(12(3)25(16)6)18(27)23-13-8-9-22-14(21)10-13/h8-10H,7H2,1-6H3,(H,24,28)(H,22,23,27). The van der Waals surface area contributed by atoms with Gasteiger partial charge in [-0.3, -0.25) is 14.4 Å². The summed E-state index contributed by atoms with van der Waals surface area (Å²) in [5.41, 5.74) is 1.57. The number of Topliss-reactive ketones (excluding diaryl/α,β-unsaturated/α-hetero) is 1. The molecule has 0 aliphatic rings. The molecule has 2 aromatic rings. The number of carbonyl (C=O) groups is 3. The first-order chi connectivity index (χ1) is 13.0. The van der Waals surface area contributed by atoms with Crippen LogP contribution in [0.2, 0.25) is 5.15 Å². The number of nitrogens with one attached hydrogen (secondary N) is 2. The monoisotopic (exact) mass is 404 g/mol. The molecule has 0 saturated heterocycles. The maximum absolute atomic E-state index is 12.8. The summed E-state index contributed by atoms with van der Waals surface area (Å²) < 4.78 is 1.57. The number of amides is 2. The van der Waals surface area contributed by atoms with Gasteiger partial charge < -0.3 is 15.2 Å². The normalized spacial score (nSPS) is 11.2. The lowest BCUT2D eigenvalue weighted by atomic mass is 10.0. The number of anilines is 1. The molecular formula is C20H25ClN4O3. The van der Waals surface area contributed by atoms with Crippen LogP contribution in [0.3, 0.4) is 0 Å². The summed E-state index contributed by atoms with van der Waals surface area (Å²) in [5.74, 6) is -1.75. The lowest BCUT2D eigenvalue weighted by Crippen LogP contribution is -2.46. The number of halogens is 1. The Morgan fingerprint density at radius 2 is 1.89 bits per heavy atom. The zero-order valence-electron chi connectivity index (χ0n) is 16.9. The Labute approximate surface area is 169 Å². The van der Waals surface area contributed by atoms with Crippen molar-refractivity contribution in [3.05, 3.63) is 46.0 Å². The van der Waals surface area contributed by atoms with Gasteiger partial charge in [-0.25, -0.2) is 4.98 Å². The number of aromatic nitrogens is 2. The third-order valence-electron chi connectivity index (χ3n) is 4.90. The summed E-state index contributed by atoms with van der Waals surface area (Å²) in [5, 5.41) is 5.74. The van der Waals surface area contributed by atoms with Gasteiger partial charge in [0.1, 0.15) is 5.15 Å². The Kier molecular flexibility index (Phi) is 6.29. The van der Waals surface area contributed by atoms with Crippen molar-refractivity contribution in [1.29, 1.82) is 0 Å². The highest BCUT2D eigenvalue weighted by Crippen LogP contribution is 2.24. The van der Waals surface area contributed by atoms with E-state index in [-0.39, 0.29) is 16.8 Å². The summed E-state index contributed by atoms with van der Waals surface area (Å²) in [6.45, 7) is 9.01. The van der Waals surface area contributed by atoms with Gasteiger partial charge in [-0.05, 0) is 51.8 Å². The fourth-order valence-corrected chi connectivity index (χ4v) is 3.04. The minimum Gasteiger partial charge on any atom is -0.344 e. The van der Waals surface area contributed by atoms with Crippen molar-refractivity contribution in [3.8, 4) is 0 Å². The number of rotatable bonds is 6. The van der Waals surface area contributed by atoms with E-state index in [1.807, 2.05) is 20.8 Å². The van der Waals surface area contributed by atoms with Gasteiger partial charge in [0, 0.05) is 30.2 Å². The van der Waals surface area contributed by atoms with E-state index >= 15 is 0 Å². The Morgan fingerprint density at radius 3 is 2.46 bits per heavy atom. The van der Waals surface area contributed by atoms with E-state index in [0.29, 0.717) is 28.9 Å². The second-order valence-corrected chi connectivity index (χ2v) is 7.72. The SMILES string of the molecule is CCC(C)(C)NC(=O)C(=O)c1c(C)c(C(=O)Nc2ccnc(Cl)c2)c(C)n1C. The highest BCUT2D eigenvalue weighted by atomic mass is 35.5. The molecule has 0 spiro atoms. The summed E-state index contributed by atoms with van der Waals surface area (Å²) in [7, 11) is 1.66. The first-order valence-electron chi connectivity index (χ1n) is 8.94. The molecular weight excluding hydrogens is 380 g/mol. The van der Waals surface area contributed by atoms with Gasteiger partial charge in [0.2, 0.25) is 0 Å². The highest BCUT2D eigenvalue weighted by Gasteiger charge is 2.30. The van der Waals surface area contributed by atoms with Crippen LogP contribution in [0.4, 0.5) is 5.69 Å². The second kappa shape index (κ2) is 8.14. The second-order valence-electron chi connectivity index (χ2n) is 7.34. The van der Waals surface area contributed by atoms with Crippen LogP contribution in [-0.4, -0.2) is 32.7 Å². The summed E-state index contributed by atoms with van der Waals surface area (Å²) in [6, 6.07) is 3.14. The molecule has 8 heteroatoms. The van der Waals surface area contributed by atoms with Crippen molar-refractivity contribution in [3.63, 3.8) is 0 Å². The molecule has 0 aliphatic heterocycles. The van der Waals surface area contributed by atoms with Crippen LogP contribution in [0.15, 0.2) is 18.3 Å². The molecule has 2 amide bonds. The number of pyridine rings is 1. The fourth-order valence-electron chi connectivity index (χ4n) is 2.87. The van der Waals surface area contributed by atoms with Crippen molar-refractivity contribution in [2.75, 3.05) is 5.32 Å². The first-order valence-corrected chi connectivity index (χ1v) is 9.32. The molecule has 0 atom stereocenters. The van der Waals surface area contributed by atoms with Crippen molar-refractivity contribution in [2.45, 2.75) is 46.6 Å². The van der Waals surface area contributed by atoms with E-state index < -0.39 is 17.2 Å². The van der Waals surface area contributed by atoms with Gasteiger partial charge >= 0.3 is 0 Å². The van der Waals surface area contributed by atoms with E-state index in [1.54, 1.807) is 31.5 Å². The lowest BCUT2D eigenvalue weighted by Gasteiger charge is -2.24. The van der Waals surface area contributed by atoms with E-state index in [2.05, 4.69) is 15.6 Å². The molecule has 2 rings (SSSR count). The molecule has 0 aliphatic carbocycles. The first kappa shape index (κ1) is 21.6. The van der Waals surface area contributed by atoms with Gasteiger partial charge in [-0.15, -0.1) is 0 Å². The summed E-state index contributed by atoms with van der Waals surface area (Å²) in [6.07, 6.45) is 2.16. The fraction of sp³-hybridized carbons (Fsp3) is 0.400. The predicted octanol–water partition coefficient (Wildman–Crippen LogP) is 3.43. The Morgan fingerprint density at radius 1 is 1.25 bits per heavy atom. The molecule has 2 heterocycles. The van der Waals surface area contributed by atoms with Gasteiger partial charge in [-0.2, -0.15) is 0 Å². The van der Waals surface area contributed by atoms with Crippen molar-refractivity contribution < 1.29 is 14.4 Å². The third kappa shape index (κ3) is 4.42. The van der Waals surface area contributed by atoms with E-state index in [0.717, 1.165) is 0 Å². The number of hydrogen-bond acceptors (Lipinski definition) is 4. The molecule has 2 aromatic heterocycles. The highest BCUT2D eigenvalue weighted by molar-refractivity contribution is 6.43. The van der Waals surface area contributed by atoms with E-state index in [1.165, 1.54) is 12.3 Å². The van der Waals surface area contributed by atoms with Gasteiger partial charge in [0.15, 0.2) is 0 Å².